The summed E-state index contributed by atoms with van der Waals surface area (Å²) in [5.74, 6) is 0.308. The quantitative estimate of drug-likeness (QED) is 0.674. The van der Waals surface area contributed by atoms with Crippen LogP contribution in [0.5, 0.6) is 11.5 Å². The molecule has 2 aromatic heterocycles. The van der Waals surface area contributed by atoms with Crippen LogP contribution in [0.15, 0.2) is 29.1 Å². The van der Waals surface area contributed by atoms with Crippen LogP contribution in [0.1, 0.15) is 35.4 Å². The molecule has 0 saturated carbocycles. The molecule has 0 unspecified atom stereocenters. The standard InChI is InChI=1S/C22H24F2N4O3/c1-12-7-20-25-17-10-15-5-4-14(9-16(17)21(29)28(20)26-12)27(15)11-13-3-6-18(31-22(23)24)19(8-13)30-2/h3,6-8,14-15,22,26H,4-5,9-11H2,1-2H3/t14-,15+/m1/s1. The number of fused-ring (bicyclic) bond motifs is 4. The number of methoxy groups -OCH3 is 1. The molecule has 1 fully saturated rings. The van der Waals surface area contributed by atoms with E-state index in [4.69, 9.17) is 9.72 Å². The maximum absolute atomic E-state index is 13.1. The Morgan fingerprint density at radius 2 is 1.97 bits per heavy atom. The van der Waals surface area contributed by atoms with E-state index in [0.29, 0.717) is 18.6 Å². The van der Waals surface area contributed by atoms with Gasteiger partial charge in [-0.3, -0.25) is 14.8 Å². The van der Waals surface area contributed by atoms with Crippen LogP contribution >= 0.6 is 0 Å². The summed E-state index contributed by atoms with van der Waals surface area (Å²) in [7, 11) is 1.44. The summed E-state index contributed by atoms with van der Waals surface area (Å²) in [4.78, 5) is 20.3. The van der Waals surface area contributed by atoms with Crippen LogP contribution in [-0.4, -0.2) is 45.3 Å². The Balaban J connectivity index is 1.43. The molecule has 9 heteroatoms. The zero-order valence-electron chi connectivity index (χ0n) is 17.4. The summed E-state index contributed by atoms with van der Waals surface area (Å²) in [6.07, 6.45) is 3.44. The molecular formula is C22H24F2N4O3. The molecule has 7 nitrogen and oxygen atoms in total. The number of halogens is 2. The molecule has 2 aliphatic heterocycles. The average Bonchev–Trinajstić information content (AvgIpc) is 3.23. The van der Waals surface area contributed by atoms with E-state index in [0.717, 1.165) is 41.8 Å². The highest BCUT2D eigenvalue weighted by Gasteiger charge is 2.38. The average molecular weight is 430 g/mol. The highest BCUT2D eigenvalue weighted by atomic mass is 19.3. The third-order valence-corrected chi connectivity index (χ3v) is 6.37. The minimum absolute atomic E-state index is 0.0178. The van der Waals surface area contributed by atoms with Crippen molar-refractivity contribution in [1.82, 2.24) is 19.5 Å². The molecule has 5 rings (SSSR count). The van der Waals surface area contributed by atoms with E-state index in [2.05, 4.69) is 14.7 Å². The van der Waals surface area contributed by atoms with E-state index in [-0.39, 0.29) is 29.1 Å². The summed E-state index contributed by atoms with van der Waals surface area (Å²) < 4.78 is 36.5. The fourth-order valence-corrected chi connectivity index (χ4v) is 4.98. The maximum atomic E-state index is 13.1. The van der Waals surface area contributed by atoms with E-state index in [9.17, 15) is 13.6 Å². The number of H-pyrrole nitrogens is 1. The van der Waals surface area contributed by atoms with Gasteiger partial charge >= 0.3 is 6.61 Å². The van der Waals surface area contributed by atoms with Crippen molar-refractivity contribution in [3.63, 3.8) is 0 Å². The predicted molar refractivity (Wildman–Crippen MR) is 110 cm³/mol. The second-order valence-corrected chi connectivity index (χ2v) is 8.30. The van der Waals surface area contributed by atoms with Crippen LogP contribution in [0.25, 0.3) is 5.65 Å². The van der Waals surface area contributed by atoms with Crippen molar-refractivity contribution in [2.45, 2.75) is 57.8 Å². The van der Waals surface area contributed by atoms with Crippen molar-refractivity contribution in [2.75, 3.05) is 7.11 Å². The van der Waals surface area contributed by atoms with E-state index in [1.807, 2.05) is 13.0 Å². The Morgan fingerprint density at radius 3 is 2.71 bits per heavy atom. The molecule has 164 valence electrons. The molecule has 2 aliphatic rings. The number of hydrogen-bond acceptors (Lipinski definition) is 5. The number of benzene rings is 1. The summed E-state index contributed by atoms with van der Waals surface area (Å²) >= 11 is 0. The molecule has 1 saturated heterocycles. The maximum Gasteiger partial charge on any atom is 0.387 e. The molecule has 2 atom stereocenters. The second kappa shape index (κ2) is 7.64. The Bertz CT molecular complexity index is 1190. The van der Waals surface area contributed by atoms with Crippen LogP contribution < -0.4 is 15.0 Å². The number of nitrogens with zero attached hydrogens (tertiary/aromatic N) is 3. The molecule has 0 spiro atoms. The molecule has 1 aromatic carbocycles. The van der Waals surface area contributed by atoms with Gasteiger partial charge in [0, 0.05) is 42.4 Å². The first-order valence-corrected chi connectivity index (χ1v) is 10.4. The summed E-state index contributed by atoms with van der Waals surface area (Å²) in [6, 6.07) is 7.46. The Kier molecular flexibility index (Phi) is 4.92. The monoisotopic (exact) mass is 430 g/mol. The van der Waals surface area contributed by atoms with Crippen molar-refractivity contribution < 1.29 is 18.3 Å². The first-order valence-electron chi connectivity index (χ1n) is 10.4. The van der Waals surface area contributed by atoms with Gasteiger partial charge in [0.25, 0.3) is 5.56 Å². The lowest BCUT2D eigenvalue weighted by Gasteiger charge is -2.28. The first kappa shape index (κ1) is 20.0. The third-order valence-electron chi connectivity index (χ3n) is 6.37. The lowest BCUT2D eigenvalue weighted by molar-refractivity contribution is -0.0512. The van der Waals surface area contributed by atoms with Gasteiger partial charge in [-0.25, -0.2) is 9.50 Å². The molecule has 2 bridgehead atoms. The smallest absolute Gasteiger partial charge is 0.387 e. The Morgan fingerprint density at radius 1 is 1.19 bits per heavy atom. The second-order valence-electron chi connectivity index (χ2n) is 8.30. The number of aryl methyl sites for hydroxylation is 1. The van der Waals surface area contributed by atoms with Crippen molar-refractivity contribution in [1.29, 1.82) is 0 Å². The SMILES string of the molecule is COc1cc(CN2[C@@H]3CC[C@H]2Cc2nc4cc(C)[nH]n4c(=O)c2C3)ccc1OC(F)F. The van der Waals surface area contributed by atoms with Crippen LogP contribution in [0, 0.1) is 6.92 Å². The molecule has 1 N–H and O–H groups in total. The van der Waals surface area contributed by atoms with Crippen LogP contribution in [0.3, 0.4) is 0 Å². The van der Waals surface area contributed by atoms with Gasteiger partial charge in [-0.15, -0.1) is 0 Å². The van der Waals surface area contributed by atoms with E-state index >= 15 is 0 Å². The molecule has 0 aliphatic carbocycles. The number of nitrogens with one attached hydrogen (secondary N) is 1. The normalized spacial score (nSPS) is 20.8. The number of rotatable bonds is 5. The van der Waals surface area contributed by atoms with Gasteiger partial charge in [-0.1, -0.05) is 6.07 Å². The zero-order chi connectivity index (χ0) is 21.7. The fraction of sp³-hybridized carbons (Fsp3) is 0.455. The molecular weight excluding hydrogens is 406 g/mol. The van der Waals surface area contributed by atoms with Crippen molar-refractivity contribution >= 4 is 5.65 Å². The van der Waals surface area contributed by atoms with Crippen LogP contribution in [-0.2, 0) is 19.4 Å². The van der Waals surface area contributed by atoms with Gasteiger partial charge in [-0.05, 0) is 43.9 Å². The highest BCUT2D eigenvalue weighted by Crippen LogP contribution is 2.36. The highest BCUT2D eigenvalue weighted by molar-refractivity contribution is 5.44. The van der Waals surface area contributed by atoms with E-state index < -0.39 is 6.61 Å². The first-order chi connectivity index (χ1) is 14.9. The van der Waals surface area contributed by atoms with Gasteiger partial charge < -0.3 is 9.47 Å². The van der Waals surface area contributed by atoms with Gasteiger partial charge in [0.1, 0.15) is 0 Å². The minimum atomic E-state index is -2.90. The van der Waals surface area contributed by atoms with Crippen molar-refractivity contribution in [3.8, 4) is 11.5 Å². The van der Waals surface area contributed by atoms with Crippen molar-refractivity contribution in [3.05, 3.63) is 57.1 Å². The third kappa shape index (κ3) is 3.56. The number of ether oxygens (including phenoxy) is 2. The van der Waals surface area contributed by atoms with Crippen LogP contribution in [0.2, 0.25) is 0 Å². The minimum Gasteiger partial charge on any atom is -0.493 e. The molecule has 0 radical (unpaired) electrons. The van der Waals surface area contributed by atoms with E-state index in [1.54, 1.807) is 12.1 Å². The van der Waals surface area contributed by atoms with Gasteiger partial charge in [0.15, 0.2) is 17.1 Å². The number of aromatic amines is 1. The lowest BCUT2D eigenvalue weighted by Crippen LogP contribution is -2.36. The van der Waals surface area contributed by atoms with Gasteiger partial charge in [0.05, 0.1) is 12.8 Å². The topological polar surface area (TPSA) is 71.9 Å². The fourth-order valence-electron chi connectivity index (χ4n) is 4.98. The summed E-state index contributed by atoms with van der Waals surface area (Å²) in [5.41, 5.74) is 4.17. The number of hydrogen-bond donors (Lipinski definition) is 1. The van der Waals surface area contributed by atoms with Crippen molar-refractivity contribution in [2.24, 2.45) is 0 Å². The van der Waals surface area contributed by atoms with Crippen LogP contribution in [0.4, 0.5) is 8.78 Å². The molecule has 31 heavy (non-hydrogen) atoms. The van der Waals surface area contributed by atoms with E-state index in [1.165, 1.54) is 17.7 Å². The number of alkyl halides is 2. The Hall–Kier alpha value is -2.94. The molecule has 4 heterocycles. The largest absolute Gasteiger partial charge is 0.493 e. The predicted octanol–water partition coefficient (Wildman–Crippen LogP) is 3.07. The zero-order valence-corrected chi connectivity index (χ0v) is 17.4. The van der Waals surface area contributed by atoms with Gasteiger partial charge in [-0.2, -0.15) is 8.78 Å². The summed E-state index contributed by atoms with van der Waals surface area (Å²) in [6.45, 7) is -0.343. The lowest BCUT2D eigenvalue weighted by atomic mass is 9.98. The molecule has 3 aromatic rings. The number of aromatic nitrogens is 3. The van der Waals surface area contributed by atoms with Gasteiger partial charge in [0.2, 0.25) is 0 Å². The Labute approximate surface area is 177 Å². The summed E-state index contributed by atoms with van der Waals surface area (Å²) in [5, 5.41) is 3.07. The molecule has 0 amide bonds.